The van der Waals surface area contributed by atoms with Crippen LogP contribution in [0.1, 0.15) is 52.7 Å². The number of hydrogen-bond acceptors (Lipinski definition) is 2. The lowest BCUT2D eigenvalue weighted by Crippen LogP contribution is -2.19. The quantitative estimate of drug-likeness (QED) is 0.904. The molecule has 2 unspecified atom stereocenters. The van der Waals surface area contributed by atoms with Gasteiger partial charge in [-0.25, -0.2) is 0 Å². The predicted molar refractivity (Wildman–Crippen MR) is 80.7 cm³/mol. The molecular weight excluding hydrogens is 244 g/mol. The van der Waals surface area contributed by atoms with E-state index < -0.39 is 0 Å². The van der Waals surface area contributed by atoms with Crippen molar-refractivity contribution in [1.29, 1.82) is 0 Å². The summed E-state index contributed by atoms with van der Waals surface area (Å²) >= 11 is 0. The molecule has 20 heavy (non-hydrogen) atoms. The van der Waals surface area contributed by atoms with Crippen LogP contribution in [0.2, 0.25) is 0 Å². The van der Waals surface area contributed by atoms with Crippen molar-refractivity contribution in [2.24, 2.45) is 5.73 Å². The number of nitrogens with zero attached hydrogens (tertiary/aromatic N) is 1. The van der Waals surface area contributed by atoms with Gasteiger partial charge in [-0.2, -0.15) is 0 Å². The van der Waals surface area contributed by atoms with Crippen LogP contribution in [-0.4, -0.2) is 4.98 Å². The van der Waals surface area contributed by atoms with Crippen molar-refractivity contribution in [3.05, 3.63) is 64.5 Å². The Balaban J connectivity index is 1.67. The Hall–Kier alpha value is -1.67. The third kappa shape index (κ3) is 1.87. The van der Waals surface area contributed by atoms with Gasteiger partial charge in [-0.05, 0) is 60.4 Å². The molecule has 2 heteroatoms. The molecule has 0 spiro atoms. The van der Waals surface area contributed by atoms with Gasteiger partial charge < -0.3 is 5.73 Å². The van der Waals surface area contributed by atoms with Crippen LogP contribution in [0, 0.1) is 0 Å². The summed E-state index contributed by atoms with van der Waals surface area (Å²) in [5.41, 5.74) is 13.5. The number of aryl methyl sites for hydroxylation is 3. The maximum atomic E-state index is 6.57. The number of benzene rings is 1. The molecule has 0 fully saturated rings. The molecule has 1 heterocycles. The summed E-state index contributed by atoms with van der Waals surface area (Å²) in [7, 11) is 0. The van der Waals surface area contributed by atoms with Crippen molar-refractivity contribution in [1.82, 2.24) is 4.98 Å². The summed E-state index contributed by atoms with van der Waals surface area (Å²) in [6, 6.07) is 11.2. The Kier molecular flexibility index (Phi) is 2.85. The molecule has 0 saturated carbocycles. The van der Waals surface area contributed by atoms with Gasteiger partial charge in [0.1, 0.15) is 0 Å². The summed E-state index contributed by atoms with van der Waals surface area (Å²) in [5.74, 6) is 0.380. The maximum absolute atomic E-state index is 6.57. The Bertz CT molecular complexity index is 648. The zero-order valence-corrected chi connectivity index (χ0v) is 11.7. The van der Waals surface area contributed by atoms with Crippen LogP contribution in [0.15, 0.2) is 36.5 Å². The van der Waals surface area contributed by atoms with Crippen molar-refractivity contribution >= 4 is 0 Å². The van der Waals surface area contributed by atoms with E-state index >= 15 is 0 Å². The van der Waals surface area contributed by atoms with Gasteiger partial charge in [-0.1, -0.05) is 24.3 Å². The van der Waals surface area contributed by atoms with Gasteiger partial charge >= 0.3 is 0 Å². The second kappa shape index (κ2) is 4.71. The van der Waals surface area contributed by atoms with Gasteiger partial charge in [-0.3, -0.25) is 4.98 Å². The van der Waals surface area contributed by atoms with Crippen molar-refractivity contribution < 1.29 is 0 Å². The number of rotatable bonds is 2. The van der Waals surface area contributed by atoms with E-state index in [2.05, 4.69) is 29.2 Å². The molecule has 0 bridgehead atoms. The summed E-state index contributed by atoms with van der Waals surface area (Å²) in [6.07, 6.45) is 7.89. The first-order chi connectivity index (χ1) is 9.83. The van der Waals surface area contributed by atoms with Crippen LogP contribution in [0.3, 0.4) is 0 Å². The van der Waals surface area contributed by atoms with E-state index in [9.17, 15) is 0 Å². The highest BCUT2D eigenvalue weighted by molar-refractivity contribution is 5.39. The van der Waals surface area contributed by atoms with Gasteiger partial charge in [0.05, 0.1) is 0 Å². The Labute approximate surface area is 120 Å². The molecule has 1 aromatic carbocycles. The number of aromatic nitrogens is 1. The van der Waals surface area contributed by atoms with E-state index in [1.165, 1.54) is 47.2 Å². The zero-order valence-electron chi connectivity index (χ0n) is 11.7. The zero-order chi connectivity index (χ0) is 13.5. The second-order valence-corrected chi connectivity index (χ2v) is 6.10. The summed E-state index contributed by atoms with van der Waals surface area (Å²) in [5, 5.41) is 0. The van der Waals surface area contributed by atoms with E-state index in [0.717, 1.165) is 12.8 Å². The van der Waals surface area contributed by atoms with Gasteiger partial charge in [0.25, 0.3) is 0 Å². The molecule has 2 aromatic rings. The Morgan fingerprint density at radius 2 is 1.95 bits per heavy atom. The Morgan fingerprint density at radius 3 is 2.90 bits per heavy atom. The molecule has 1 aromatic heterocycles. The molecule has 0 saturated heterocycles. The average molecular weight is 264 g/mol. The third-order valence-corrected chi connectivity index (χ3v) is 4.94. The molecule has 2 aliphatic rings. The summed E-state index contributed by atoms with van der Waals surface area (Å²) < 4.78 is 0. The lowest BCUT2D eigenvalue weighted by atomic mass is 9.90. The molecule has 0 aliphatic heterocycles. The van der Waals surface area contributed by atoms with Crippen LogP contribution in [-0.2, 0) is 19.3 Å². The fourth-order valence-electron chi connectivity index (χ4n) is 3.82. The average Bonchev–Trinajstić information content (AvgIpc) is 3.12. The minimum atomic E-state index is 0.0806. The van der Waals surface area contributed by atoms with Gasteiger partial charge in [0, 0.05) is 23.9 Å². The van der Waals surface area contributed by atoms with Crippen molar-refractivity contribution in [2.75, 3.05) is 0 Å². The molecule has 0 radical (unpaired) electrons. The molecule has 4 rings (SSSR count). The van der Waals surface area contributed by atoms with Crippen LogP contribution in [0.25, 0.3) is 0 Å². The maximum Gasteiger partial charge on any atom is 0.0485 e. The fraction of sp³-hybridized carbons (Fsp3) is 0.389. The largest absolute Gasteiger partial charge is 0.323 e. The molecular formula is C18H20N2. The van der Waals surface area contributed by atoms with Gasteiger partial charge in [0.2, 0.25) is 0 Å². The van der Waals surface area contributed by atoms with E-state index in [1.54, 1.807) is 0 Å². The number of fused-ring (bicyclic) bond motifs is 2. The highest BCUT2D eigenvalue weighted by atomic mass is 14.8. The van der Waals surface area contributed by atoms with Crippen molar-refractivity contribution in [2.45, 2.75) is 44.1 Å². The van der Waals surface area contributed by atoms with Crippen LogP contribution in [0.5, 0.6) is 0 Å². The molecule has 2 N–H and O–H groups in total. The second-order valence-electron chi connectivity index (χ2n) is 6.10. The smallest absolute Gasteiger partial charge is 0.0485 e. The number of nitrogens with two attached hydrogens (primary N) is 1. The van der Waals surface area contributed by atoms with Crippen LogP contribution < -0.4 is 5.73 Å². The van der Waals surface area contributed by atoms with E-state index in [0.29, 0.717) is 5.92 Å². The number of hydrogen-bond donors (Lipinski definition) is 1. The van der Waals surface area contributed by atoms with E-state index in [1.807, 2.05) is 12.3 Å². The molecule has 2 aliphatic carbocycles. The fourth-order valence-corrected chi connectivity index (χ4v) is 3.82. The van der Waals surface area contributed by atoms with Gasteiger partial charge in [0.15, 0.2) is 0 Å². The summed E-state index contributed by atoms with van der Waals surface area (Å²) in [6.45, 7) is 0. The Morgan fingerprint density at radius 1 is 1.05 bits per heavy atom. The molecule has 0 amide bonds. The minimum absolute atomic E-state index is 0.0806. The third-order valence-electron chi connectivity index (χ3n) is 4.94. The van der Waals surface area contributed by atoms with E-state index in [4.69, 9.17) is 5.73 Å². The number of pyridine rings is 1. The van der Waals surface area contributed by atoms with Crippen LogP contribution >= 0.6 is 0 Å². The van der Waals surface area contributed by atoms with Gasteiger partial charge in [-0.15, -0.1) is 0 Å². The first kappa shape index (κ1) is 12.1. The van der Waals surface area contributed by atoms with Crippen molar-refractivity contribution in [3.8, 4) is 0 Å². The summed E-state index contributed by atoms with van der Waals surface area (Å²) in [4.78, 5) is 4.58. The standard InChI is InChI=1S/C18H20N2/c19-17(15-7-6-12-3-1-4-14(12)11-15)16-9-8-13-5-2-10-20-18(13)16/h2,5-7,10-11,16-17H,1,3-4,8-9,19H2. The van der Waals surface area contributed by atoms with E-state index in [-0.39, 0.29) is 6.04 Å². The van der Waals surface area contributed by atoms with Crippen LogP contribution in [0.4, 0.5) is 0 Å². The normalized spacial score (nSPS) is 21.6. The predicted octanol–water partition coefficient (Wildman–Crippen LogP) is 3.30. The van der Waals surface area contributed by atoms with Crippen molar-refractivity contribution in [3.63, 3.8) is 0 Å². The first-order valence-corrected chi connectivity index (χ1v) is 7.64. The topological polar surface area (TPSA) is 38.9 Å². The minimum Gasteiger partial charge on any atom is -0.323 e. The highest BCUT2D eigenvalue weighted by Crippen LogP contribution is 2.39. The lowest BCUT2D eigenvalue weighted by Gasteiger charge is -2.20. The molecule has 102 valence electrons. The monoisotopic (exact) mass is 264 g/mol. The lowest BCUT2D eigenvalue weighted by molar-refractivity contribution is 0.541. The SMILES string of the molecule is NC(c1ccc2c(c1)CCC2)C1CCc2cccnc21. The molecule has 2 atom stereocenters. The highest BCUT2D eigenvalue weighted by Gasteiger charge is 2.30. The molecule has 2 nitrogen and oxygen atoms in total. The first-order valence-electron chi connectivity index (χ1n) is 7.64.